The third-order valence-electron chi connectivity index (χ3n) is 6.80. The Morgan fingerprint density at radius 1 is 0.967 bits per heavy atom. The fourth-order valence-electron chi connectivity index (χ4n) is 4.75. The van der Waals surface area contributed by atoms with Crippen LogP contribution in [0, 0.1) is 17.6 Å². The molecular formula is C21H29F2N3O3S. The molecule has 3 aliphatic rings. The summed E-state index contributed by atoms with van der Waals surface area (Å²) in [5.41, 5.74) is 0. The van der Waals surface area contributed by atoms with Gasteiger partial charge in [-0.1, -0.05) is 6.42 Å². The summed E-state index contributed by atoms with van der Waals surface area (Å²) in [4.78, 5) is 16.8. The molecule has 2 saturated carbocycles. The number of nitrogens with one attached hydrogen (secondary N) is 1. The van der Waals surface area contributed by atoms with Crippen LogP contribution in [-0.2, 0) is 14.8 Å². The number of piperazine rings is 1. The average molecular weight is 442 g/mol. The van der Waals surface area contributed by atoms with E-state index in [0.717, 1.165) is 38.3 Å². The van der Waals surface area contributed by atoms with Crippen molar-refractivity contribution in [3.05, 3.63) is 29.8 Å². The lowest BCUT2D eigenvalue weighted by Crippen LogP contribution is -2.54. The van der Waals surface area contributed by atoms with Gasteiger partial charge in [0.25, 0.3) is 0 Å². The average Bonchev–Trinajstić information content (AvgIpc) is 2.67. The predicted octanol–water partition coefficient (Wildman–Crippen LogP) is 2.50. The summed E-state index contributed by atoms with van der Waals surface area (Å²) in [7, 11) is -4.07. The number of rotatable bonds is 5. The van der Waals surface area contributed by atoms with Crippen molar-refractivity contribution in [3.8, 4) is 0 Å². The molecule has 4 rings (SSSR count). The van der Waals surface area contributed by atoms with E-state index in [1.54, 1.807) is 0 Å². The maximum atomic E-state index is 13.9. The van der Waals surface area contributed by atoms with Crippen LogP contribution in [0.25, 0.3) is 0 Å². The molecule has 3 fully saturated rings. The second-order valence-electron chi connectivity index (χ2n) is 8.69. The third kappa shape index (κ3) is 4.68. The zero-order chi connectivity index (χ0) is 21.3. The number of carbonyl (C=O) groups excluding carboxylic acids is 1. The summed E-state index contributed by atoms with van der Waals surface area (Å²) in [6.07, 6.45) is 6.14. The summed E-state index contributed by atoms with van der Waals surface area (Å²) in [5, 5.41) is 0. The molecule has 0 spiro atoms. The van der Waals surface area contributed by atoms with Gasteiger partial charge in [-0.15, -0.1) is 0 Å². The Hall–Kier alpha value is -1.58. The molecule has 30 heavy (non-hydrogen) atoms. The normalized spacial score (nSPS) is 26.4. The van der Waals surface area contributed by atoms with Crippen molar-refractivity contribution in [1.82, 2.24) is 14.5 Å². The van der Waals surface area contributed by atoms with Gasteiger partial charge in [-0.3, -0.25) is 9.69 Å². The fraction of sp³-hybridized carbons (Fsp3) is 0.667. The molecule has 0 radical (unpaired) electrons. The van der Waals surface area contributed by atoms with Crippen molar-refractivity contribution in [3.63, 3.8) is 0 Å². The van der Waals surface area contributed by atoms with Crippen molar-refractivity contribution in [2.24, 2.45) is 5.92 Å². The van der Waals surface area contributed by atoms with Crippen molar-refractivity contribution in [1.29, 1.82) is 0 Å². The first-order chi connectivity index (χ1) is 14.3. The Kier molecular flexibility index (Phi) is 6.41. The van der Waals surface area contributed by atoms with E-state index in [1.165, 1.54) is 19.3 Å². The van der Waals surface area contributed by atoms with Crippen molar-refractivity contribution in [2.45, 2.75) is 61.9 Å². The molecule has 0 unspecified atom stereocenters. The van der Waals surface area contributed by atoms with E-state index in [0.29, 0.717) is 37.8 Å². The maximum absolute atomic E-state index is 13.9. The van der Waals surface area contributed by atoms with Crippen LogP contribution >= 0.6 is 0 Å². The number of sulfonamides is 1. The Bertz CT molecular complexity index is 875. The molecule has 0 aromatic heterocycles. The van der Waals surface area contributed by atoms with Gasteiger partial charge >= 0.3 is 0 Å². The molecule has 1 aromatic carbocycles. The molecule has 6 nitrogen and oxygen atoms in total. The quantitative estimate of drug-likeness (QED) is 0.762. The lowest BCUT2D eigenvalue weighted by molar-refractivity contribution is -0.139. The van der Waals surface area contributed by atoms with Gasteiger partial charge in [0.2, 0.25) is 15.9 Å². The number of carbonyl (C=O) groups is 1. The van der Waals surface area contributed by atoms with Crippen molar-refractivity contribution in [2.75, 3.05) is 26.2 Å². The minimum Gasteiger partial charge on any atom is -0.340 e. The summed E-state index contributed by atoms with van der Waals surface area (Å²) >= 11 is 0. The van der Waals surface area contributed by atoms with E-state index in [-0.39, 0.29) is 17.9 Å². The van der Waals surface area contributed by atoms with Crippen LogP contribution in [0.2, 0.25) is 0 Å². The first-order valence-corrected chi connectivity index (χ1v) is 12.3. The first-order valence-electron chi connectivity index (χ1n) is 10.8. The Morgan fingerprint density at radius 2 is 1.63 bits per heavy atom. The Balaban J connectivity index is 1.27. The number of amides is 1. The standard InChI is InChI=1S/C21H29F2N3O3S/c22-16-6-9-20(19(23)14-16)30(28,29)24-17-7-4-15(5-8-17)21(27)26-12-10-25(11-13-26)18-2-1-3-18/h6,9,14-15,17-18,24H,1-5,7-8,10-13H2/t15-,17-. The van der Waals surface area contributed by atoms with E-state index < -0.39 is 26.6 Å². The van der Waals surface area contributed by atoms with E-state index in [4.69, 9.17) is 0 Å². The highest BCUT2D eigenvalue weighted by atomic mass is 32.2. The van der Waals surface area contributed by atoms with Gasteiger partial charge in [-0.25, -0.2) is 21.9 Å². The third-order valence-corrected chi connectivity index (χ3v) is 8.35. The first kappa shape index (κ1) is 21.6. The van der Waals surface area contributed by atoms with Crippen LogP contribution in [0.3, 0.4) is 0 Å². The lowest BCUT2D eigenvalue weighted by Gasteiger charge is -2.44. The highest BCUT2D eigenvalue weighted by Crippen LogP contribution is 2.29. The zero-order valence-corrected chi connectivity index (χ0v) is 17.8. The Labute approximate surface area is 176 Å². The molecule has 1 aromatic rings. The lowest BCUT2D eigenvalue weighted by atomic mass is 9.85. The summed E-state index contributed by atoms with van der Waals surface area (Å²) in [5.74, 6) is -1.83. The molecule has 0 atom stereocenters. The predicted molar refractivity (Wildman–Crippen MR) is 108 cm³/mol. The summed E-state index contributed by atoms with van der Waals surface area (Å²) in [6, 6.07) is 2.79. The Morgan fingerprint density at radius 3 is 2.20 bits per heavy atom. The van der Waals surface area contributed by atoms with Crippen LogP contribution in [0.1, 0.15) is 44.9 Å². The van der Waals surface area contributed by atoms with Gasteiger partial charge in [0.05, 0.1) is 0 Å². The number of hydrogen-bond donors (Lipinski definition) is 1. The highest BCUT2D eigenvalue weighted by molar-refractivity contribution is 7.89. The van der Waals surface area contributed by atoms with Crippen molar-refractivity contribution >= 4 is 15.9 Å². The van der Waals surface area contributed by atoms with Crippen molar-refractivity contribution < 1.29 is 22.0 Å². The fourth-order valence-corrected chi connectivity index (χ4v) is 6.12. The molecule has 0 bridgehead atoms. The number of benzene rings is 1. The summed E-state index contributed by atoms with van der Waals surface area (Å²) in [6.45, 7) is 3.42. The molecule has 9 heteroatoms. The highest BCUT2D eigenvalue weighted by Gasteiger charge is 2.34. The van der Waals surface area contributed by atoms with Crippen LogP contribution in [0.4, 0.5) is 8.78 Å². The topological polar surface area (TPSA) is 69.7 Å². The monoisotopic (exact) mass is 441 g/mol. The van der Waals surface area contributed by atoms with Crippen LogP contribution in [0.15, 0.2) is 23.1 Å². The van der Waals surface area contributed by atoms with Crippen LogP contribution in [-0.4, -0.2) is 62.4 Å². The van der Waals surface area contributed by atoms with Gasteiger partial charge in [0.1, 0.15) is 16.5 Å². The number of halogens is 2. The van der Waals surface area contributed by atoms with E-state index >= 15 is 0 Å². The minimum absolute atomic E-state index is 0.0800. The van der Waals surface area contributed by atoms with Gasteiger partial charge in [0.15, 0.2) is 0 Å². The van der Waals surface area contributed by atoms with Gasteiger partial charge < -0.3 is 4.90 Å². The minimum atomic E-state index is -4.07. The van der Waals surface area contributed by atoms with Gasteiger partial charge in [-0.05, 0) is 50.7 Å². The number of hydrogen-bond acceptors (Lipinski definition) is 4. The van der Waals surface area contributed by atoms with Crippen LogP contribution in [0.5, 0.6) is 0 Å². The molecule has 1 saturated heterocycles. The van der Waals surface area contributed by atoms with E-state index in [9.17, 15) is 22.0 Å². The number of nitrogens with zero attached hydrogens (tertiary/aromatic N) is 2. The molecular weight excluding hydrogens is 412 g/mol. The largest absolute Gasteiger partial charge is 0.340 e. The summed E-state index contributed by atoms with van der Waals surface area (Å²) < 4.78 is 54.4. The van der Waals surface area contributed by atoms with Gasteiger partial charge in [0, 0.05) is 50.2 Å². The van der Waals surface area contributed by atoms with Gasteiger partial charge in [-0.2, -0.15) is 0 Å². The molecule has 1 heterocycles. The SMILES string of the molecule is O=C([C@H]1CC[C@H](NS(=O)(=O)c2ccc(F)cc2F)CC1)N1CCN(C2CCC2)CC1. The van der Waals surface area contributed by atoms with Crippen LogP contribution < -0.4 is 4.72 Å². The molecule has 1 N–H and O–H groups in total. The molecule has 166 valence electrons. The molecule has 1 amide bonds. The molecule has 1 aliphatic heterocycles. The zero-order valence-electron chi connectivity index (χ0n) is 17.0. The molecule has 2 aliphatic carbocycles. The smallest absolute Gasteiger partial charge is 0.243 e. The van der Waals surface area contributed by atoms with E-state index in [2.05, 4.69) is 9.62 Å². The second-order valence-corrected chi connectivity index (χ2v) is 10.4. The second kappa shape index (κ2) is 8.88. The van der Waals surface area contributed by atoms with E-state index in [1.807, 2.05) is 4.90 Å². The maximum Gasteiger partial charge on any atom is 0.243 e.